The predicted molar refractivity (Wildman–Crippen MR) is 130 cm³/mol. The number of anilines is 2. The quantitative estimate of drug-likeness (QED) is 0.464. The summed E-state index contributed by atoms with van der Waals surface area (Å²) in [4.78, 5) is 34.4. The predicted octanol–water partition coefficient (Wildman–Crippen LogP) is 3.40. The van der Waals surface area contributed by atoms with E-state index in [0.717, 1.165) is 0 Å². The molecule has 0 radical (unpaired) electrons. The molecular formula is C24H28F3N7O4. The number of nitrogens with zero attached hydrogens (tertiary/aromatic N) is 4. The van der Waals surface area contributed by atoms with Gasteiger partial charge < -0.3 is 30.3 Å². The molecule has 0 spiro atoms. The van der Waals surface area contributed by atoms with E-state index in [4.69, 9.17) is 4.74 Å². The van der Waals surface area contributed by atoms with Gasteiger partial charge in [-0.25, -0.2) is 9.78 Å². The van der Waals surface area contributed by atoms with Crippen LogP contribution in [0.2, 0.25) is 0 Å². The van der Waals surface area contributed by atoms with E-state index in [2.05, 4.69) is 30.7 Å². The van der Waals surface area contributed by atoms with Gasteiger partial charge >= 0.3 is 12.5 Å². The van der Waals surface area contributed by atoms with Crippen LogP contribution >= 0.6 is 0 Å². The number of amides is 2. The number of alkyl halides is 3. The molecule has 14 heteroatoms. The Kier molecular flexibility index (Phi) is 8.82. The van der Waals surface area contributed by atoms with Crippen LogP contribution in [-0.2, 0) is 16.1 Å². The van der Waals surface area contributed by atoms with Crippen molar-refractivity contribution in [3.8, 4) is 11.8 Å². The molecule has 3 N–H and O–H groups in total. The number of aromatic nitrogens is 2. The topological polar surface area (TPSA) is 142 Å². The molecule has 1 aliphatic rings. The number of ether oxygens (including phenoxy) is 2. The van der Waals surface area contributed by atoms with E-state index in [0.29, 0.717) is 19.5 Å². The largest absolute Gasteiger partial charge is 0.573 e. The maximum absolute atomic E-state index is 12.7. The molecule has 1 aromatic heterocycles. The molecule has 1 fully saturated rings. The summed E-state index contributed by atoms with van der Waals surface area (Å²) in [7, 11) is 0. The number of halogens is 3. The Labute approximate surface area is 217 Å². The number of likely N-dealkylation sites (tertiary alicyclic amines) is 1. The van der Waals surface area contributed by atoms with Crippen LogP contribution in [-0.4, -0.2) is 64.5 Å². The number of benzene rings is 1. The Morgan fingerprint density at radius 2 is 1.95 bits per heavy atom. The van der Waals surface area contributed by atoms with Crippen LogP contribution in [0.1, 0.15) is 38.3 Å². The van der Waals surface area contributed by atoms with Crippen molar-refractivity contribution in [2.75, 3.05) is 30.3 Å². The van der Waals surface area contributed by atoms with Crippen LogP contribution in [0.15, 0.2) is 30.5 Å². The van der Waals surface area contributed by atoms with Crippen LogP contribution in [0.4, 0.5) is 29.7 Å². The van der Waals surface area contributed by atoms with Crippen molar-refractivity contribution in [3.05, 3.63) is 41.6 Å². The molecule has 11 nitrogen and oxygen atoms in total. The Balaban J connectivity index is 1.55. The van der Waals surface area contributed by atoms with E-state index in [1.54, 1.807) is 26.8 Å². The van der Waals surface area contributed by atoms with E-state index in [-0.39, 0.29) is 53.7 Å². The smallest absolute Gasteiger partial charge is 0.444 e. The number of carbonyl (C=O) groups is 2. The second-order valence-electron chi connectivity index (χ2n) is 9.41. The molecule has 1 atom stereocenters. The summed E-state index contributed by atoms with van der Waals surface area (Å²) in [6.45, 7) is 5.78. The van der Waals surface area contributed by atoms with Gasteiger partial charge in [0.05, 0.1) is 12.7 Å². The van der Waals surface area contributed by atoms with Crippen LogP contribution in [0.25, 0.3) is 0 Å². The molecule has 0 unspecified atom stereocenters. The zero-order valence-corrected chi connectivity index (χ0v) is 21.1. The van der Waals surface area contributed by atoms with Gasteiger partial charge in [0.1, 0.15) is 28.8 Å². The van der Waals surface area contributed by atoms with Crippen LogP contribution in [0.5, 0.6) is 5.75 Å². The highest BCUT2D eigenvalue weighted by molar-refractivity contribution is 5.81. The molecule has 1 saturated heterocycles. The van der Waals surface area contributed by atoms with Gasteiger partial charge in [-0.1, -0.05) is 18.2 Å². The SMILES string of the molecule is CC(C)(C)OC(=O)N1CC[C@@H](NC(=O)CNc2nc(NCc3ccccc3OC(F)(F)F)ncc2C#N)C1. The fraction of sp³-hybridized carbons (Fsp3) is 0.458. The van der Waals surface area contributed by atoms with Gasteiger partial charge in [0.25, 0.3) is 0 Å². The normalized spacial score (nSPS) is 15.4. The monoisotopic (exact) mass is 535 g/mol. The maximum atomic E-state index is 12.7. The first-order valence-electron chi connectivity index (χ1n) is 11.7. The number of rotatable bonds is 8. The highest BCUT2D eigenvalue weighted by Gasteiger charge is 2.32. The summed E-state index contributed by atoms with van der Waals surface area (Å²) in [5, 5.41) is 17.7. The van der Waals surface area contributed by atoms with Crippen molar-refractivity contribution in [1.29, 1.82) is 5.26 Å². The summed E-state index contributed by atoms with van der Waals surface area (Å²) in [6.07, 6.45) is -3.50. The fourth-order valence-electron chi connectivity index (χ4n) is 3.55. The lowest BCUT2D eigenvalue weighted by Crippen LogP contribution is -2.42. The Morgan fingerprint density at radius 3 is 2.63 bits per heavy atom. The zero-order chi connectivity index (χ0) is 27.9. The number of nitriles is 1. The van der Waals surface area contributed by atoms with E-state index in [1.807, 2.05) is 6.07 Å². The van der Waals surface area contributed by atoms with Crippen LogP contribution < -0.4 is 20.7 Å². The lowest BCUT2D eigenvalue weighted by atomic mass is 10.2. The van der Waals surface area contributed by atoms with Crippen LogP contribution in [0.3, 0.4) is 0 Å². The highest BCUT2D eigenvalue weighted by atomic mass is 19.4. The number of carbonyl (C=O) groups excluding carboxylic acids is 2. The summed E-state index contributed by atoms with van der Waals surface area (Å²) >= 11 is 0. The summed E-state index contributed by atoms with van der Waals surface area (Å²) in [6, 6.07) is 7.27. The second-order valence-corrected chi connectivity index (χ2v) is 9.41. The van der Waals surface area contributed by atoms with Gasteiger partial charge in [0, 0.05) is 31.2 Å². The van der Waals surface area contributed by atoms with E-state index < -0.39 is 18.1 Å². The van der Waals surface area contributed by atoms with Crippen molar-refractivity contribution < 1.29 is 32.2 Å². The molecule has 2 heterocycles. The fourth-order valence-corrected chi connectivity index (χ4v) is 3.55. The van der Waals surface area contributed by atoms with E-state index >= 15 is 0 Å². The molecule has 38 heavy (non-hydrogen) atoms. The Bertz CT molecular complexity index is 1190. The molecule has 0 aliphatic carbocycles. The van der Waals surface area contributed by atoms with Crippen molar-refractivity contribution in [2.24, 2.45) is 0 Å². The average molecular weight is 536 g/mol. The van der Waals surface area contributed by atoms with Gasteiger partial charge in [-0.2, -0.15) is 10.2 Å². The number of hydrogen-bond donors (Lipinski definition) is 3. The first kappa shape index (κ1) is 28.3. The van der Waals surface area contributed by atoms with Gasteiger partial charge in [-0.3, -0.25) is 4.79 Å². The molecule has 1 aliphatic heterocycles. The van der Waals surface area contributed by atoms with Gasteiger partial charge in [-0.15, -0.1) is 13.2 Å². The second kappa shape index (κ2) is 11.8. The molecular weight excluding hydrogens is 507 g/mol. The molecule has 0 bridgehead atoms. The highest BCUT2D eigenvalue weighted by Crippen LogP contribution is 2.26. The third kappa shape index (κ3) is 8.68. The molecule has 204 valence electrons. The zero-order valence-electron chi connectivity index (χ0n) is 21.1. The molecule has 3 rings (SSSR count). The minimum atomic E-state index is -4.84. The molecule has 0 saturated carbocycles. The molecule has 1 aromatic carbocycles. The maximum Gasteiger partial charge on any atom is 0.573 e. The summed E-state index contributed by atoms with van der Waals surface area (Å²) in [5.74, 6) is -0.649. The van der Waals surface area contributed by atoms with Crippen LogP contribution in [0, 0.1) is 11.3 Å². The minimum absolute atomic E-state index is 0.0255. The van der Waals surface area contributed by atoms with Gasteiger partial charge in [0.15, 0.2) is 0 Å². The van der Waals surface area contributed by atoms with Crippen molar-refractivity contribution in [2.45, 2.75) is 51.7 Å². The Morgan fingerprint density at radius 1 is 1.21 bits per heavy atom. The van der Waals surface area contributed by atoms with Crippen molar-refractivity contribution in [3.63, 3.8) is 0 Å². The first-order chi connectivity index (χ1) is 17.8. The average Bonchev–Trinajstić information content (AvgIpc) is 3.29. The van der Waals surface area contributed by atoms with Crippen molar-refractivity contribution >= 4 is 23.8 Å². The molecule has 2 amide bonds. The first-order valence-corrected chi connectivity index (χ1v) is 11.7. The van der Waals surface area contributed by atoms with Crippen molar-refractivity contribution in [1.82, 2.24) is 20.2 Å². The number of hydrogen-bond acceptors (Lipinski definition) is 9. The van der Waals surface area contributed by atoms with Gasteiger partial charge in [-0.05, 0) is 33.3 Å². The van der Waals surface area contributed by atoms with E-state index in [9.17, 15) is 28.0 Å². The van der Waals surface area contributed by atoms with Gasteiger partial charge in [0.2, 0.25) is 11.9 Å². The summed E-state index contributed by atoms with van der Waals surface area (Å²) in [5.41, 5.74) is -0.337. The molecule has 2 aromatic rings. The minimum Gasteiger partial charge on any atom is -0.444 e. The Hall–Kier alpha value is -4.28. The number of para-hydroxylation sites is 1. The lowest BCUT2D eigenvalue weighted by Gasteiger charge is -2.24. The van der Waals surface area contributed by atoms with E-state index in [1.165, 1.54) is 29.3 Å². The third-order valence-corrected chi connectivity index (χ3v) is 5.17. The standard InChI is InChI=1S/C24H28F3N7O4/c1-23(2,3)38-22(36)34-9-8-17(14-34)32-19(35)13-29-20-16(10-28)12-31-21(33-20)30-11-15-6-4-5-7-18(15)37-24(25,26)27/h4-7,12,17H,8-9,11,13-14H2,1-3H3,(H,32,35)(H2,29,30,31,33)/t17-/m1/s1. The third-order valence-electron chi connectivity index (χ3n) is 5.17. The number of nitrogens with one attached hydrogen (secondary N) is 3. The summed E-state index contributed by atoms with van der Waals surface area (Å²) < 4.78 is 47.3. The lowest BCUT2D eigenvalue weighted by molar-refractivity contribution is -0.274.